The quantitative estimate of drug-likeness (QED) is 0.523. The molecule has 0 spiro atoms. The van der Waals surface area contributed by atoms with Gasteiger partial charge in [0.15, 0.2) is 0 Å². The monoisotopic (exact) mass is 176 g/mol. The Labute approximate surface area is 72.2 Å². The van der Waals surface area contributed by atoms with Crippen LogP contribution in [0.3, 0.4) is 0 Å². The second-order valence-corrected chi connectivity index (χ2v) is 2.25. The number of carbonyl (C=O) groups is 1. The molecule has 72 valence electrons. The van der Waals surface area contributed by atoms with Crippen molar-refractivity contribution in [2.45, 2.75) is 6.42 Å². The van der Waals surface area contributed by atoms with E-state index in [9.17, 15) is 4.79 Å². The minimum Gasteiger partial charge on any atom is -0.382 e. The molecular weight excluding hydrogens is 160 g/mol. The molecule has 5 nitrogen and oxygen atoms in total. The van der Waals surface area contributed by atoms with Gasteiger partial charge in [-0.3, -0.25) is 0 Å². The van der Waals surface area contributed by atoms with E-state index in [-0.39, 0.29) is 0 Å². The molecule has 0 saturated heterocycles. The molecule has 0 aliphatic rings. The van der Waals surface area contributed by atoms with E-state index in [0.717, 1.165) is 6.42 Å². The molecule has 12 heavy (non-hydrogen) atoms. The van der Waals surface area contributed by atoms with E-state index in [1.807, 2.05) is 0 Å². The first kappa shape index (κ1) is 11.2. The molecule has 3 N–H and O–H groups in total. The fourth-order valence-corrected chi connectivity index (χ4v) is 0.630. The zero-order valence-electron chi connectivity index (χ0n) is 7.34. The number of amides is 2. The van der Waals surface area contributed by atoms with Crippen LogP contribution >= 0.6 is 0 Å². The second kappa shape index (κ2) is 8.29. The highest BCUT2D eigenvalue weighted by molar-refractivity contribution is 5.71. The first-order chi connectivity index (χ1) is 5.77. The van der Waals surface area contributed by atoms with Gasteiger partial charge in [-0.2, -0.15) is 0 Å². The summed E-state index contributed by atoms with van der Waals surface area (Å²) < 4.78 is 9.91. The summed E-state index contributed by atoms with van der Waals surface area (Å²) in [7, 11) is 1.62. The van der Waals surface area contributed by atoms with Crippen molar-refractivity contribution in [1.29, 1.82) is 0 Å². The van der Waals surface area contributed by atoms with E-state index in [4.69, 9.17) is 15.2 Å². The minimum absolute atomic E-state index is 0.494. The Morgan fingerprint density at radius 2 is 2.17 bits per heavy atom. The molecule has 5 heteroatoms. The number of ether oxygens (including phenoxy) is 2. The molecule has 0 aliphatic carbocycles. The van der Waals surface area contributed by atoms with Crippen molar-refractivity contribution >= 4 is 6.03 Å². The highest BCUT2D eigenvalue weighted by atomic mass is 16.5. The van der Waals surface area contributed by atoms with Crippen LogP contribution in [0.5, 0.6) is 0 Å². The smallest absolute Gasteiger partial charge is 0.312 e. The van der Waals surface area contributed by atoms with Gasteiger partial charge in [0, 0.05) is 20.3 Å². The molecule has 0 aromatic rings. The Hall–Kier alpha value is -0.810. The maximum absolute atomic E-state index is 10.2. The molecule has 0 unspecified atom stereocenters. The van der Waals surface area contributed by atoms with E-state index in [1.165, 1.54) is 0 Å². The highest BCUT2D eigenvalue weighted by Gasteiger charge is 1.91. The Morgan fingerprint density at radius 1 is 1.42 bits per heavy atom. The van der Waals surface area contributed by atoms with Crippen molar-refractivity contribution < 1.29 is 14.3 Å². The molecule has 0 aromatic carbocycles. The van der Waals surface area contributed by atoms with Crippen molar-refractivity contribution in [3.05, 3.63) is 0 Å². The van der Waals surface area contributed by atoms with Crippen molar-refractivity contribution in [2.75, 3.05) is 33.5 Å². The van der Waals surface area contributed by atoms with Gasteiger partial charge in [-0.1, -0.05) is 0 Å². The molecule has 0 bridgehead atoms. The molecule has 0 saturated carbocycles. The van der Waals surface area contributed by atoms with Crippen LogP contribution in [0.25, 0.3) is 0 Å². The Bertz CT molecular complexity index is 119. The Kier molecular flexibility index (Phi) is 7.73. The summed E-state index contributed by atoms with van der Waals surface area (Å²) in [5, 5.41) is 2.46. The number of carbonyl (C=O) groups excluding carboxylic acids is 1. The molecule has 2 amide bonds. The fourth-order valence-electron chi connectivity index (χ4n) is 0.630. The Morgan fingerprint density at radius 3 is 2.75 bits per heavy atom. The molecule has 0 aromatic heterocycles. The van der Waals surface area contributed by atoms with E-state index < -0.39 is 6.03 Å². The predicted octanol–water partition coefficient (Wildman–Crippen LogP) is -0.292. The summed E-state index contributed by atoms with van der Waals surface area (Å²) in [4.78, 5) is 10.2. The molecule has 0 rings (SSSR count). The largest absolute Gasteiger partial charge is 0.382 e. The topological polar surface area (TPSA) is 73.6 Å². The van der Waals surface area contributed by atoms with Gasteiger partial charge in [0.25, 0.3) is 0 Å². The third kappa shape index (κ3) is 9.19. The molecule has 0 atom stereocenters. The highest BCUT2D eigenvalue weighted by Crippen LogP contribution is 1.80. The first-order valence-electron chi connectivity index (χ1n) is 3.87. The van der Waals surface area contributed by atoms with Crippen molar-refractivity contribution in [3.8, 4) is 0 Å². The number of urea groups is 1. The van der Waals surface area contributed by atoms with Crippen LogP contribution in [0.2, 0.25) is 0 Å². The van der Waals surface area contributed by atoms with Crippen LogP contribution in [-0.4, -0.2) is 39.5 Å². The van der Waals surface area contributed by atoms with Crippen LogP contribution in [0.4, 0.5) is 4.79 Å². The summed E-state index contributed by atoms with van der Waals surface area (Å²) in [5.74, 6) is 0. The van der Waals surface area contributed by atoms with Crippen LogP contribution in [0.15, 0.2) is 0 Å². The summed E-state index contributed by atoms with van der Waals surface area (Å²) in [6, 6.07) is -0.494. The Balaban J connectivity index is 2.86. The number of rotatable bonds is 7. The van der Waals surface area contributed by atoms with Crippen molar-refractivity contribution in [2.24, 2.45) is 5.73 Å². The summed E-state index contributed by atoms with van der Waals surface area (Å²) in [6.45, 7) is 2.36. The minimum atomic E-state index is -0.494. The SMILES string of the molecule is COCCOCCCNC(N)=O. The maximum atomic E-state index is 10.2. The molecule has 0 heterocycles. The number of hydrogen-bond donors (Lipinski definition) is 2. The zero-order valence-corrected chi connectivity index (χ0v) is 7.34. The normalized spacial score (nSPS) is 9.75. The van der Waals surface area contributed by atoms with E-state index in [2.05, 4.69) is 5.32 Å². The van der Waals surface area contributed by atoms with Gasteiger partial charge in [-0.25, -0.2) is 4.79 Å². The van der Waals surface area contributed by atoms with Crippen molar-refractivity contribution in [1.82, 2.24) is 5.32 Å². The number of methoxy groups -OCH3 is 1. The van der Waals surface area contributed by atoms with Gasteiger partial charge in [0.1, 0.15) is 0 Å². The summed E-state index contributed by atoms with van der Waals surface area (Å²) in [5.41, 5.74) is 4.84. The summed E-state index contributed by atoms with van der Waals surface area (Å²) >= 11 is 0. The standard InChI is InChI=1S/C7H16N2O3/c1-11-5-6-12-4-2-3-9-7(8)10/h2-6H2,1H3,(H3,8,9,10). The van der Waals surface area contributed by atoms with Crippen LogP contribution in [-0.2, 0) is 9.47 Å². The number of nitrogens with one attached hydrogen (secondary N) is 1. The fraction of sp³-hybridized carbons (Fsp3) is 0.857. The van der Waals surface area contributed by atoms with Gasteiger partial charge in [0.05, 0.1) is 13.2 Å². The average molecular weight is 176 g/mol. The average Bonchev–Trinajstić information content (AvgIpc) is 2.02. The van der Waals surface area contributed by atoms with Gasteiger partial charge >= 0.3 is 6.03 Å². The summed E-state index contributed by atoms with van der Waals surface area (Å²) in [6.07, 6.45) is 0.770. The van der Waals surface area contributed by atoms with Gasteiger partial charge in [0.2, 0.25) is 0 Å². The van der Waals surface area contributed by atoms with Gasteiger partial charge < -0.3 is 20.5 Å². The van der Waals surface area contributed by atoms with Crippen LogP contribution in [0.1, 0.15) is 6.42 Å². The third-order valence-electron chi connectivity index (χ3n) is 1.20. The number of hydrogen-bond acceptors (Lipinski definition) is 3. The van der Waals surface area contributed by atoms with E-state index in [1.54, 1.807) is 7.11 Å². The molecule has 0 aliphatic heterocycles. The van der Waals surface area contributed by atoms with Crippen molar-refractivity contribution in [3.63, 3.8) is 0 Å². The molecule has 0 radical (unpaired) electrons. The van der Waals surface area contributed by atoms with Crippen LogP contribution in [0, 0.1) is 0 Å². The van der Waals surface area contributed by atoms with Gasteiger partial charge in [-0.15, -0.1) is 0 Å². The predicted molar refractivity (Wildman–Crippen MR) is 44.9 cm³/mol. The lowest BCUT2D eigenvalue weighted by Crippen LogP contribution is -2.30. The van der Waals surface area contributed by atoms with E-state index in [0.29, 0.717) is 26.4 Å². The number of primary amides is 1. The first-order valence-corrected chi connectivity index (χ1v) is 3.87. The molecular formula is C7H16N2O3. The lowest BCUT2D eigenvalue weighted by molar-refractivity contribution is 0.0697. The number of nitrogens with two attached hydrogens (primary N) is 1. The maximum Gasteiger partial charge on any atom is 0.312 e. The third-order valence-corrected chi connectivity index (χ3v) is 1.20. The zero-order chi connectivity index (χ0) is 9.23. The van der Waals surface area contributed by atoms with Gasteiger partial charge in [-0.05, 0) is 6.42 Å². The second-order valence-electron chi connectivity index (χ2n) is 2.25. The lowest BCUT2D eigenvalue weighted by atomic mass is 10.4. The molecule has 0 fully saturated rings. The lowest BCUT2D eigenvalue weighted by Gasteiger charge is -2.03. The van der Waals surface area contributed by atoms with Crippen LogP contribution < -0.4 is 11.1 Å². The van der Waals surface area contributed by atoms with E-state index >= 15 is 0 Å².